The van der Waals surface area contributed by atoms with Gasteiger partial charge in [-0.05, 0) is 52.3 Å². The van der Waals surface area contributed by atoms with Crippen LogP contribution in [0.3, 0.4) is 0 Å². The topological polar surface area (TPSA) is 120 Å². The van der Waals surface area contributed by atoms with Crippen LogP contribution in [0.25, 0.3) is 34.1 Å². The van der Waals surface area contributed by atoms with Crippen molar-refractivity contribution in [1.29, 1.82) is 0 Å². The maximum Gasteiger partial charge on any atom is 0.308 e. The normalized spacial score (nSPS) is 11.7. The molecule has 0 saturated heterocycles. The van der Waals surface area contributed by atoms with Gasteiger partial charge in [0.25, 0.3) is 5.69 Å². The molecule has 150 valence electrons. The van der Waals surface area contributed by atoms with Crippen LogP contribution in [0, 0.1) is 10.1 Å². The molecular weight excluding hydrogens is 456 g/mol. The van der Waals surface area contributed by atoms with Crippen molar-refractivity contribution in [1.82, 2.24) is 4.98 Å². The third-order valence-corrected chi connectivity index (χ3v) is 4.94. The minimum atomic E-state index is -1.03. The molecule has 0 saturated carbocycles. The second-order valence-electron chi connectivity index (χ2n) is 6.35. The Labute approximate surface area is 177 Å². The number of carbonyl (C=O) groups is 1. The minimum Gasteiger partial charge on any atom is -0.481 e. The van der Waals surface area contributed by atoms with E-state index in [1.165, 1.54) is 12.1 Å². The lowest BCUT2D eigenvalue weighted by molar-refractivity contribution is -0.384. The number of oxazole rings is 1. The Kier molecular flexibility index (Phi) is 5.20. The molecule has 0 bridgehead atoms. The molecule has 0 atom stereocenters. The number of benzene rings is 2. The van der Waals surface area contributed by atoms with Gasteiger partial charge < -0.3 is 13.9 Å². The van der Waals surface area contributed by atoms with Gasteiger partial charge in [0.15, 0.2) is 5.58 Å². The number of nitro groups is 1. The van der Waals surface area contributed by atoms with Gasteiger partial charge in [0.2, 0.25) is 5.89 Å². The van der Waals surface area contributed by atoms with Crippen molar-refractivity contribution < 1.29 is 23.7 Å². The summed E-state index contributed by atoms with van der Waals surface area (Å²) in [5.74, 6) is 0.0329. The van der Waals surface area contributed by atoms with Crippen LogP contribution in [0.2, 0.25) is 0 Å². The van der Waals surface area contributed by atoms with E-state index < -0.39 is 10.9 Å². The second kappa shape index (κ2) is 7.96. The number of furan rings is 1. The largest absolute Gasteiger partial charge is 0.481 e. The third-order valence-electron chi connectivity index (χ3n) is 4.28. The number of hydrogen-bond acceptors (Lipinski definition) is 6. The standard InChI is InChI=1S/C21H13BrN2O6/c22-16-11-13(24(27)28)5-7-15(16)18-8-6-14(29-18)9-12(10-20(25)26)21-23-17-3-1-2-4-19(17)30-21/h1-9,11H,10H2,(H,25,26). The Morgan fingerprint density at radius 3 is 2.67 bits per heavy atom. The number of para-hydroxylation sites is 2. The summed E-state index contributed by atoms with van der Waals surface area (Å²) in [6.45, 7) is 0. The molecule has 9 heteroatoms. The maximum atomic E-state index is 11.3. The summed E-state index contributed by atoms with van der Waals surface area (Å²) in [6, 6.07) is 14.9. The Morgan fingerprint density at radius 1 is 1.17 bits per heavy atom. The number of hydrogen-bond donors (Lipinski definition) is 1. The van der Waals surface area contributed by atoms with Gasteiger partial charge in [-0.2, -0.15) is 0 Å². The SMILES string of the molecule is O=C(O)CC(=Cc1ccc(-c2ccc([N+](=O)[O-])cc2Br)o1)c1nc2ccccc2o1. The van der Waals surface area contributed by atoms with Crippen molar-refractivity contribution in [3.8, 4) is 11.3 Å². The highest BCUT2D eigenvalue weighted by Crippen LogP contribution is 2.34. The zero-order valence-electron chi connectivity index (χ0n) is 15.2. The van der Waals surface area contributed by atoms with E-state index in [4.69, 9.17) is 8.83 Å². The average Bonchev–Trinajstić information content (AvgIpc) is 3.33. The molecular formula is C21H13BrN2O6. The van der Waals surface area contributed by atoms with Gasteiger partial charge in [0.1, 0.15) is 17.0 Å². The molecule has 8 nitrogen and oxygen atoms in total. The molecule has 0 spiro atoms. The highest BCUT2D eigenvalue weighted by atomic mass is 79.9. The fourth-order valence-electron chi connectivity index (χ4n) is 2.93. The van der Waals surface area contributed by atoms with E-state index in [0.717, 1.165) is 0 Å². The summed E-state index contributed by atoms with van der Waals surface area (Å²) < 4.78 is 12.0. The van der Waals surface area contributed by atoms with E-state index in [1.54, 1.807) is 42.5 Å². The molecule has 0 unspecified atom stereocenters. The second-order valence-corrected chi connectivity index (χ2v) is 7.20. The molecule has 0 radical (unpaired) electrons. The predicted molar refractivity (Wildman–Crippen MR) is 113 cm³/mol. The molecule has 30 heavy (non-hydrogen) atoms. The lowest BCUT2D eigenvalue weighted by Crippen LogP contribution is -1.97. The first kappa shape index (κ1) is 19.6. The Bertz CT molecular complexity index is 1270. The van der Waals surface area contributed by atoms with Crippen molar-refractivity contribution in [2.45, 2.75) is 6.42 Å². The van der Waals surface area contributed by atoms with Gasteiger partial charge in [-0.1, -0.05) is 12.1 Å². The predicted octanol–water partition coefficient (Wildman–Crippen LogP) is 5.77. The number of aromatic nitrogens is 1. The number of non-ortho nitro benzene ring substituents is 1. The monoisotopic (exact) mass is 468 g/mol. The van der Waals surface area contributed by atoms with Crippen LogP contribution in [-0.4, -0.2) is 21.0 Å². The Balaban J connectivity index is 1.71. The molecule has 4 aromatic rings. The first-order valence-electron chi connectivity index (χ1n) is 8.73. The van der Waals surface area contributed by atoms with E-state index in [0.29, 0.717) is 38.2 Å². The van der Waals surface area contributed by atoms with E-state index in [-0.39, 0.29) is 18.0 Å². The van der Waals surface area contributed by atoms with Crippen LogP contribution in [0.4, 0.5) is 5.69 Å². The van der Waals surface area contributed by atoms with Crippen LogP contribution >= 0.6 is 15.9 Å². The summed E-state index contributed by atoms with van der Waals surface area (Å²) in [7, 11) is 0. The maximum absolute atomic E-state index is 11.3. The van der Waals surface area contributed by atoms with Gasteiger partial charge >= 0.3 is 5.97 Å². The molecule has 1 N–H and O–H groups in total. The van der Waals surface area contributed by atoms with Crippen LogP contribution in [0.1, 0.15) is 18.1 Å². The Morgan fingerprint density at radius 2 is 1.97 bits per heavy atom. The lowest BCUT2D eigenvalue weighted by Gasteiger charge is -2.01. The fourth-order valence-corrected chi connectivity index (χ4v) is 3.49. The minimum absolute atomic E-state index is 0.0444. The van der Waals surface area contributed by atoms with E-state index in [1.807, 2.05) is 6.07 Å². The summed E-state index contributed by atoms with van der Waals surface area (Å²) in [5, 5.41) is 20.2. The molecule has 2 aromatic carbocycles. The van der Waals surface area contributed by atoms with Crippen LogP contribution < -0.4 is 0 Å². The first-order valence-corrected chi connectivity index (χ1v) is 9.52. The Hall–Kier alpha value is -3.72. The lowest BCUT2D eigenvalue weighted by atomic mass is 10.1. The molecule has 0 aliphatic heterocycles. The van der Waals surface area contributed by atoms with Gasteiger partial charge in [0, 0.05) is 27.7 Å². The molecule has 0 aliphatic rings. The number of nitrogens with zero attached hydrogens (tertiary/aromatic N) is 2. The number of rotatable bonds is 6. The van der Waals surface area contributed by atoms with Crippen molar-refractivity contribution >= 4 is 50.3 Å². The highest BCUT2D eigenvalue weighted by Gasteiger charge is 2.17. The van der Waals surface area contributed by atoms with Crippen molar-refractivity contribution in [3.63, 3.8) is 0 Å². The van der Waals surface area contributed by atoms with E-state index in [9.17, 15) is 20.0 Å². The molecule has 2 heterocycles. The zero-order chi connectivity index (χ0) is 21.3. The number of carboxylic acids is 1. The molecule has 0 amide bonds. The van der Waals surface area contributed by atoms with Crippen molar-refractivity contribution in [2.75, 3.05) is 0 Å². The molecule has 0 fully saturated rings. The molecule has 0 aliphatic carbocycles. The number of aliphatic carboxylic acids is 1. The van der Waals surface area contributed by atoms with Crippen LogP contribution in [-0.2, 0) is 4.79 Å². The third kappa shape index (κ3) is 4.01. The summed E-state index contributed by atoms with van der Waals surface area (Å²) in [5.41, 5.74) is 2.11. The van der Waals surface area contributed by atoms with Gasteiger partial charge in [-0.25, -0.2) is 4.98 Å². The van der Waals surface area contributed by atoms with Crippen LogP contribution in [0.15, 0.2) is 67.9 Å². The zero-order valence-corrected chi connectivity index (χ0v) is 16.8. The highest BCUT2D eigenvalue weighted by molar-refractivity contribution is 9.10. The van der Waals surface area contributed by atoms with Crippen molar-refractivity contribution in [2.24, 2.45) is 0 Å². The number of fused-ring (bicyclic) bond motifs is 1. The number of nitro benzene ring substituents is 1. The summed E-state index contributed by atoms with van der Waals surface area (Å²) in [4.78, 5) is 26.1. The molecule has 2 aromatic heterocycles. The van der Waals surface area contributed by atoms with E-state index >= 15 is 0 Å². The summed E-state index contributed by atoms with van der Waals surface area (Å²) >= 11 is 3.32. The average molecular weight is 469 g/mol. The number of halogens is 1. The van der Waals surface area contributed by atoms with Gasteiger partial charge in [-0.15, -0.1) is 0 Å². The van der Waals surface area contributed by atoms with Crippen LogP contribution in [0.5, 0.6) is 0 Å². The van der Waals surface area contributed by atoms with Gasteiger partial charge in [0.05, 0.1) is 11.3 Å². The number of carboxylic acid groups (broad SMARTS) is 1. The van der Waals surface area contributed by atoms with E-state index in [2.05, 4.69) is 20.9 Å². The quantitative estimate of drug-likeness (QED) is 0.281. The smallest absolute Gasteiger partial charge is 0.308 e. The van der Waals surface area contributed by atoms with Gasteiger partial charge in [-0.3, -0.25) is 14.9 Å². The fraction of sp³-hybridized carbons (Fsp3) is 0.0476. The first-order chi connectivity index (χ1) is 14.4. The molecule has 4 rings (SSSR count). The van der Waals surface area contributed by atoms with Crippen molar-refractivity contribution in [3.05, 3.63) is 80.8 Å². The summed E-state index contributed by atoms with van der Waals surface area (Å²) in [6.07, 6.45) is 1.26.